The second-order valence-corrected chi connectivity index (χ2v) is 5.61. The van der Waals surface area contributed by atoms with Crippen LogP contribution in [-0.4, -0.2) is 29.7 Å². The lowest BCUT2D eigenvalue weighted by Crippen LogP contribution is -2.60. The van der Waals surface area contributed by atoms with Gasteiger partial charge in [-0.3, -0.25) is 4.79 Å². The molecule has 0 saturated heterocycles. The van der Waals surface area contributed by atoms with Crippen LogP contribution in [0.1, 0.15) is 46.0 Å². The van der Waals surface area contributed by atoms with Crippen LogP contribution in [0.5, 0.6) is 0 Å². The van der Waals surface area contributed by atoms with Gasteiger partial charge in [-0.15, -0.1) is 0 Å². The van der Waals surface area contributed by atoms with Gasteiger partial charge in [0.05, 0.1) is 0 Å². The third kappa shape index (κ3) is 3.85. The van der Waals surface area contributed by atoms with Gasteiger partial charge < -0.3 is 10.4 Å². The largest absolute Gasteiger partial charge is 0.480 e. The Morgan fingerprint density at radius 1 is 1.58 bits per heavy atom. The van der Waals surface area contributed by atoms with Gasteiger partial charge in [-0.2, -0.15) is 0 Å². The van der Waals surface area contributed by atoms with Crippen molar-refractivity contribution < 1.29 is 9.90 Å². The van der Waals surface area contributed by atoms with Crippen molar-refractivity contribution in [3.05, 3.63) is 10.4 Å². The monoisotopic (exact) mass is 268 g/mol. The van der Waals surface area contributed by atoms with E-state index in [1.807, 2.05) is 0 Å². The first-order chi connectivity index (χ1) is 9.04. The minimum Gasteiger partial charge on any atom is -0.480 e. The van der Waals surface area contributed by atoms with Gasteiger partial charge in [0.15, 0.2) is 0 Å². The summed E-state index contributed by atoms with van der Waals surface area (Å²) in [6.07, 6.45) is 4.39. The number of carbonyl (C=O) groups is 1. The topological polar surface area (TPSA) is 98.1 Å². The third-order valence-corrected chi connectivity index (χ3v) is 4.09. The first kappa shape index (κ1) is 15.8. The van der Waals surface area contributed by atoms with Crippen molar-refractivity contribution >= 4 is 5.97 Å². The quantitative estimate of drug-likeness (QED) is 0.321. The van der Waals surface area contributed by atoms with Gasteiger partial charge in [-0.1, -0.05) is 31.8 Å². The Kier molecular flexibility index (Phi) is 6.12. The molecule has 6 heteroatoms. The van der Waals surface area contributed by atoms with E-state index < -0.39 is 11.5 Å². The second kappa shape index (κ2) is 7.36. The summed E-state index contributed by atoms with van der Waals surface area (Å²) in [5.74, 6) is -0.228. The van der Waals surface area contributed by atoms with Crippen LogP contribution in [-0.2, 0) is 4.79 Å². The summed E-state index contributed by atoms with van der Waals surface area (Å²) in [6, 6.07) is 0. The summed E-state index contributed by atoms with van der Waals surface area (Å²) in [6.45, 7) is 5.17. The van der Waals surface area contributed by atoms with Gasteiger partial charge >= 0.3 is 5.97 Å². The highest BCUT2D eigenvalue weighted by Gasteiger charge is 2.47. The molecule has 1 saturated carbocycles. The lowest BCUT2D eigenvalue weighted by atomic mass is 9.68. The molecule has 0 spiro atoms. The van der Waals surface area contributed by atoms with E-state index in [4.69, 9.17) is 5.53 Å². The molecule has 6 nitrogen and oxygen atoms in total. The lowest BCUT2D eigenvalue weighted by Gasteiger charge is -2.43. The normalized spacial score (nSPS) is 27.0. The Balaban J connectivity index is 2.70. The molecule has 0 aromatic rings. The van der Waals surface area contributed by atoms with Crippen LogP contribution >= 0.6 is 0 Å². The highest BCUT2D eigenvalue weighted by Crippen LogP contribution is 2.38. The maximum Gasteiger partial charge on any atom is 0.324 e. The van der Waals surface area contributed by atoms with Crippen LogP contribution in [0.4, 0.5) is 0 Å². The number of hydrogen-bond acceptors (Lipinski definition) is 3. The molecule has 0 radical (unpaired) electrons. The fourth-order valence-electron chi connectivity index (χ4n) is 3.17. The molecule has 0 heterocycles. The molecular weight excluding hydrogens is 244 g/mol. The molecule has 2 atom stereocenters. The smallest absolute Gasteiger partial charge is 0.324 e. The molecule has 0 aromatic heterocycles. The molecule has 0 aliphatic heterocycles. The summed E-state index contributed by atoms with van der Waals surface area (Å²) in [5, 5.41) is 16.4. The van der Waals surface area contributed by atoms with Crippen LogP contribution in [0, 0.1) is 11.8 Å². The van der Waals surface area contributed by atoms with E-state index in [0.717, 1.165) is 19.3 Å². The van der Waals surface area contributed by atoms with E-state index in [-0.39, 0.29) is 5.92 Å². The number of aliphatic carboxylic acids is 1. The van der Waals surface area contributed by atoms with Gasteiger partial charge in [-0.25, -0.2) is 0 Å². The maximum atomic E-state index is 11.8. The molecule has 108 valence electrons. The fourth-order valence-corrected chi connectivity index (χ4v) is 3.17. The first-order valence-corrected chi connectivity index (χ1v) is 7.04. The lowest BCUT2D eigenvalue weighted by molar-refractivity contribution is -0.150. The molecule has 1 aliphatic carbocycles. The molecule has 19 heavy (non-hydrogen) atoms. The van der Waals surface area contributed by atoms with Crippen molar-refractivity contribution in [2.24, 2.45) is 17.0 Å². The van der Waals surface area contributed by atoms with Crippen LogP contribution in [0.15, 0.2) is 5.11 Å². The van der Waals surface area contributed by atoms with Gasteiger partial charge in [0.25, 0.3) is 0 Å². The zero-order valence-corrected chi connectivity index (χ0v) is 11.8. The average molecular weight is 268 g/mol. The SMILES string of the molecule is CC(C)C1CCCCC1(NCCCN=[N+]=[N-])C(=O)O. The van der Waals surface area contributed by atoms with E-state index in [0.29, 0.717) is 31.8 Å². The number of azide groups is 1. The zero-order valence-electron chi connectivity index (χ0n) is 11.8. The van der Waals surface area contributed by atoms with Crippen molar-refractivity contribution in [1.82, 2.24) is 5.32 Å². The summed E-state index contributed by atoms with van der Waals surface area (Å²) in [4.78, 5) is 14.5. The third-order valence-electron chi connectivity index (χ3n) is 4.09. The predicted molar refractivity (Wildman–Crippen MR) is 73.8 cm³/mol. The zero-order chi connectivity index (χ0) is 14.3. The fraction of sp³-hybridized carbons (Fsp3) is 0.923. The van der Waals surface area contributed by atoms with Gasteiger partial charge in [0, 0.05) is 11.5 Å². The summed E-state index contributed by atoms with van der Waals surface area (Å²) >= 11 is 0. The minimum absolute atomic E-state index is 0.165. The summed E-state index contributed by atoms with van der Waals surface area (Å²) in [5.41, 5.74) is 7.41. The Morgan fingerprint density at radius 2 is 2.32 bits per heavy atom. The number of rotatable bonds is 7. The van der Waals surface area contributed by atoms with E-state index in [1.54, 1.807) is 0 Å². The predicted octanol–water partition coefficient (Wildman–Crippen LogP) is 2.95. The number of nitrogens with zero attached hydrogens (tertiary/aromatic N) is 3. The average Bonchev–Trinajstić information content (AvgIpc) is 2.38. The molecule has 2 unspecified atom stereocenters. The maximum absolute atomic E-state index is 11.8. The van der Waals surface area contributed by atoms with Crippen LogP contribution < -0.4 is 5.32 Å². The second-order valence-electron chi connectivity index (χ2n) is 5.61. The molecule has 1 rings (SSSR count). The van der Waals surface area contributed by atoms with Crippen molar-refractivity contribution in [2.45, 2.75) is 51.5 Å². The Labute approximate surface area is 114 Å². The first-order valence-electron chi connectivity index (χ1n) is 7.04. The van der Waals surface area contributed by atoms with Crippen LogP contribution in [0.25, 0.3) is 10.4 Å². The van der Waals surface area contributed by atoms with Gasteiger partial charge in [-0.05, 0) is 43.2 Å². The van der Waals surface area contributed by atoms with E-state index in [2.05, 4.69) is 29.2 Å². The highest BCUT2D eigenvalue weighted by molar-refractivity contribution is 5.79. The van der Waals surface area contributed by atoms with Crippen molar-refractivity contribution in [1.29, 1.82) is 0 Å². The van der Waals surface area contributed by atoms with Crippen LogP contribution in [0.2, 0.25) is 0 Å². The summed E-state index contributed by atoms with van der Waals surface area (Å²) < 4.78 is 0. The minimum atomic E-state index is -0.803. The molecule has 2 N–H and O–H groups in total. The van der Waals surface area contributed by atoms with Crippen LogP contribution in [0.3, 0.4) is 0 Å². The molecule has 1 aliphatic rings. The van der Waals surface area contributed by atoms with Crippen molar-refractivity contribution in [2.75, 3.05) is 13.1 Å². The molecule has 0 amide bonds. The Hall–Kier alpha value is -1.26. The van der Waals surface area contributed by atoms with E-state index in [9.17, 15) is 9.90 Å². The van der Waals surface area contributed by atoms with Gasteiger partial charge in [0.2, 0.25) is 0 Å². The molecule has 1 fully saturated rings. The molecule has 0 bridgehead atoms. The Bertz CT molecular complexity index is 353. The number of carboxylic acid groups (broad SMARTS) is 1. The molecular formula is C13H24N4O2. The number of nitrogens with one attached hydrogen (secondary N) is 1. The van der Waals surface area contributed by atoms with Gasteiger partial charge in [0.1, 0.15) is 5.54 Å². The highest BCUT2D eigenvalue weighted by atomic mass is 16.4. The Morgan fingerprint density at radius 3 is 2.89 bits per heavy atom. The number of carboxylic acids is 1. The standard InChI is InChI=1S/C13H24N4O2/c1-10(2)11-6-3-4-7-13(11,12(18)19)15-8-5-9-16-17-14/h10-11,15H,3-9H2,1-2H3,(H,18,19). The molecule has 0 aromatic carbocycles. The van der Waals surface area contributed by atoms with Crippen molar-refractivity contribution in [3.63, 3.8) is 0 Å². The van der Waals surface area contributed by atoms with E-state index in [1.165, 1.54) is 0 Å². The van der Waals surface area contributed by atoms with Crippen molar-refractivity contribution in [3.8, 4) is 0 Å². The van der Waals surface area contributed by atoms with E-state index >= 15 is 0 Å². The summed E-state index contributed by atoms with van der Waals surface area (Å²) in [7, 11) is 0. The number of hydrogen-bond donors (Lipinski definition) is 2.